The van der Waals surface area contributed by atoms with Crippen molar-refractivity contribution in [3.63, 3.8) is 0 Å². The second-order valence-electron chi connectivity index (χ2n) is 3.91. The molecule has 0 spiro atoms. The predicted molar refractivity (Wildman–Crippen MR) is 70.2 cm³/mol. The molecular weight excluding hydrogens is 238 g/mol. The van der Waals surface area contributed by atoms with Gasteiger partial charge in [-0.3, -0.25) is 9.78 Å². The summed E-state index contributed by atoms with van der Waals surface area (Å²) in [6.45, 7) is 4.59. The van der Waals surface area contributed by atoms with Crippen LogP contribution in [0, 0.1) is 0 Å². The maximum Gasteiger partial charge on any atom is 0.221 e. The van der Waals surface area contributed by atoms with Gasteiger partial charge in [0.25, 0.3) is 0 Å². The van der Waals surface area contributed by atoms with Crippen LogP contribution in [0.15, 0.2) is 18.5 Å². The smallest absolute Gasteiger partial charge is 0.221 e. The predicted octanol–water partition coefficient (Wildman–Crippen LogP) is 2.45. The molecule has 0 saturated carbocycles. The normalized spacial score (nSPS) is 11.9. The highest BCUT2D eigenvalue weighted by molar-refractivity contribution is 6.33. The minimum atomic E-state index is 0.0528. The minimum absolute atomic E-state index is 0.0528. The lowest BCUT2D eigenvalue weighted by molar-refractivity contribution is -0.121. The van der Waals surface area contributed by atoms with Crippen molar-refractivity contribution in [2.45, 2.75) is 32.7 Å². The molecule has 1 aromatic rings. The molecule has 2 N–H and O–H groups in total. The first-order valence-electron chi connectivity index (χ1n) is 5.76. The van der Waals surface area contributed by atoms with Crippen molar-refractivity contribution in [1.29, 1.82) is 0 Å². The summed E-state index contributed by atoms with van der Waals surface area (Å²) in [5, 5.41) is 6.57. The molecule has 0 radical (unpaired) electrons. The molecule has 1 atom stereocenters. The lowest BCUT2D eigenvalue weighted by atomic mass is 10.2. The van der Waals surface area contributed by atoms with Gasteiger partial charge in [0.15, 0.2) is 0 Å². The molecule has 1 aromatic heterocycles. The molecule has 0 aliphatic heterocycles. The molecule has 5 heteroatoms. The van der Waals surface area contributed by atoms with Crippen molar-refractivity contribution in [1.82, 2.24) is 10.3 Å². The summed E-state index contributed by atoms with van der Waals surface area (Å²) in [6.07, 6.45) is 4.61. The van der Waals surface area contributed by atoms with Crippen molar-refractivity contribution in [2.75, 3.05) is 11.9 Å². The van der Waals surface area contributed by atoms with Crippen molar-refractivity contribution in [2.24, 2.45) is 0 Å². The number of carbonyl (C=O) groups excluding carboxylic acids is 1. The van der Waals surface area contributed by atoms with E-state index in [9.17, 15) is 4.79 Å². The van der Waals surface area contributed by atoms with Gasteiger partial charge in [-0.25, -0.2) is 0 Å². The SMILES string of the molecule is CCC(C)NC(=O)CCNc1ccncc1Cl. The van der Waals surface area contributed by atoms with Gasteiger partial charge in [0.2, 0.25) is 5.91 Å². The summed E-state index contributed by atoms with van der Waals surface area (Å²) >= 11 is 5.92. The summed E-state index contributed by atoms with van der Waals surface area (Å²) in [6, 6.07) is 2.02. The Hall–Kier alpha value is -1.29. The number of nitrogens with one attached hydrogen (secondary N) is 2. The van der Waals surface area contributed by atoms with Crippen molar-refractivity contribution in [3.8, 4) is 0 Å². The number of amides is 1. The third kappa shape index (κ3) is 5.04. The van der Waals surface area contributed by atoms with Crippen LogP contribution >= 0.6 is 11.6 Å². The number of nitrogens with zero attached hydrogens (tertiary/aromatic N) is 1. The number of pyridine rings is 1. The molecule has 17 heavy (non-hydrogen) atoms. The van der Waals surface area contributed by atoms with Gasteiger partial charge in [0, 0.05) is 31.4 Å². The second-order valence-corrected chi connectivity index (χ2v) is 4.32. The topological polar surface area (TPSA) is 54.0 Å². The van der Waals surface area contributed by atoms with Crippen LogP contribution in [0.3, 0.4) is 0 Å². The van der Waals surface area contributed by atoms with E-state index in [2.05, 4.69) is 15.6 Å². The van der Waals surface area contributed by atoms with E-state index in [1.165, 1.54) is 0 Å². The van der Waals surface area contributed by atoms with Crippen LogP contribution in [0.4, 0.5) is 5.69 Å². The summed E-state index contributed by atoms with van der Waals surface area (Å²) in [7, 11) is 0. The number of aromatic nitrogens is 1. The molecule has 1 heterocycles. The molecule has 1 amide bonds. The zero-order valence-electron chi connectivity index (χ0n) is 10.2. The van der Waals surface area contributed by atoms with Crippen LogP contribution in [0.1, 0.15) is 26.7 Å². The zero-order valence-corrected chi connectivity index (χ0v) is 10.9. The third-order valence-corrected chi connectivity index (χ3v) is 2.76. The number of hydrogen-bond donors (Lipinski definition) is 2. The number of carbonyl (C=O) groups is 1. The van der Waals surface area contributed by atoms with Gasteiger partial charge in [0.1, 0.15) is 0 Å². The van der Waals surface area contributed by atoms with E-state index in [-0.39, 0.29) is 11.9 Å². The van der Waals surface area contributed by atoms with Gasteiger partial charge in [0.05, 0.1) is 10.7 Å². The molecule has 1 unspecified atom stereocenters. The number of rotatable bonds is 6. The molecule has 0 aliphatic carbocycles. The Bertz CT molecular complexity index is 371. The maximum absolute atomic E-state index is 11.5. The molecule has 4 nitrogen and oxygen atoms in total. The van der Waals surface area contributed by atoms with Crippen LogP contribution in [0.5, 0.6) is 0 Å². The average molecular weight is 256 g/mol. The van der Waals surface area contributed by atoms with Crippen LogP contribution in [-0.4, -0.2) is 23.5 Å². The van der Waals surface area contributed by atoms with Gasteiger partial charge in [-0.15, -0.1) is 0 Å². The first-order valence-corrected chi connectivity index (χ1v) is 6.14. The highest BCUT2D eigenvalue weighted by atomic mass is 35.5. The molecule has 0 bridgehead atoms. The fraction of sp³-hybridized carbons (Fsp3) is 0.500. The van der Waals surface area contributed by atoms with Crippen molar-refractivity contribution >= 4 is 23.2 Å². The summed E-state index contributed by atoms with van der Waals surface area (Å²) in [5.41, 5.74) is 0.804. The van der Waals surface area contributed by atoms with Crippen LogP contribution in [0.25, 0.3) is 0 Å². The molecule has 94 valence electrons. The van der Waals surface area contributed by atoms with E-state index in [0.29, 0.717) is 18.0 Å². The van der Waals surface area contributed by atoms with Crippen LogP contribution in [-0.2, 0) is 4.79 Å². The monoisotopic (exact) mass is 255 g/mol. The van der Waals surface area contributed by atoms with E-state index in [0.717, 1.165) is 12.1 Å². The zero-order chi connectivity index (χ0) is 12.7. The van der Waals surface area contributed by atoms with Gasteiger partial charge >= 0.3 is 0 Å². The minimum Gasteiger partial charge on any atom is -0.383 e. The van der Waals surface area contributed by atoms with Crippen LogP contribution < -0.4 is 10.6 Å². The Kier molecular flexibility index (Phi) is 5.77. The van der Waals surface area contributed by atoms with Gasteiger partial charge in [-0.05, 0) is 19.4 Å². The second kappa shape index (κ2) is 7.12. The molecule has 0 fully saturated rings. The van der Waals surface area contributed by atoms with Gasteiger partial charge in [-0.1, -0.05) is 18.5 Å². The Labute approximate surface area is 107 Å². The number of hydrogen-bond acceptors (Lipinski definition) is 3. The van der Waals surface area contributed by atoms with E-state index in [4.69, 9.17) is 11.6 Å². The first kappa shape index (κ1) is 13.8. The standard InChI is InChI=1S/C12H18ClN3O/c1-3-9(2)16-12(17)5-7-15-11-4-6-14-8-10(11)13/h4,6,8-9H,3,5,7H2,1-2H3,(H,14,15)(H,16,17). The highest BCUT2D eigenvalue weighted by Gasteiger charge is 2.05. The van der Waals surface area contributed by atoms with Crippen molar-refractivity contribution < 1.29 is 4.79 Å². The molecule has 0 aliphatic rings. The van der Waals surface area contributed by atoms with Crippen molar-refractivity contribution in [3.05, 3.63) is 23.5 Å². The molecular formula is C12H18ClN3O. The maximum atomic E-state index is 11.5. The summed E-state index contributed by atoms with van der Waals surface area (Å²) in [4.78, 5) is 15.4. The van der Waals surface area contributed by atoms with E-state index in [1.807, 2.05) is 13.8 Å². The Balaban J connectivity index is 2.29. The largest absolute Gasteiger partial charge is 0.383 e. The number of anilines is 1. The fourth-order valence-corrected chi connectivity index (χ4v) is 1.46. The lowest BCUT2D eigenvalue weighted by Crippen LogP contribution is -2.32. The molecule has 1 rings (SSSR count). The quantitative estimate of drug-likeness (QED) is 0.821. The van der Waals surface area contributed by atoms with E-state index in [1.54, 1.807) is 18.5 Å². The average Bonchev–Trinajstić information content (AvgIpc) is 2.31. The van der Waals surface area contributed by atoms with Gasteiger partial charge < -0.3 is 10.6 Å². The summed E-state index contributed by atoms with van der Waals surface area (Å²) < 4.78 is 0. The van der Waals surface area contributed by atoms with Gasteiger partial charge in [-0.2, -0.15) is 0 Å². The Morgan fingerprint density at radius 1 is 1.59 bits per heavy atom. The Morgan fingerprint density at radius 3 is 3.00 bits per heavy atom. The number of halogens is 1. The van der Waals surface area contributed by atoms with Crippen LogP contribution in [0.2, 0.25) is 5.02 Å². The summed E-state index contributed by atoms with van der Waals surface area (Å²) in [5.74, 6) is 0.0528. The van der Waals surface area contributed by atoms with E-state index >= 15 is 0 Å². The highest BCUT2D eigenvalue weighted by Crippen LogP contribution is 2.18. The Morgan fingerprint density at radius 2 is 2.35 bits per heavy atom. The first-order chi connectivity index (χ1) is 8.13. The lowest BCUT2D eigenvalue weighted by Gasteiger charge is -2.12. The molecule has 0 saturated heterocycles. The van der Waals surface area contributed by atoms with E-state index < -0.39 is 0 Å². The third-order valence-electron chi connectivity index (χ3n) is 2.46. The molecule has 0 aromatic carbocycles. The fourth-order valence-electron chi connectivity index (χ4n) is 1.28.